The molecule has 22 heavy (non-hydrogen) atoms. The van der Waals surface area contributed by atoms with Crippen LogP contribution in [-0.2, 0) is 11.2 Å². The molecular formula is C15H20N4O3. The summed E-state index contributed by atoms with van der Waals surface area (Å²) in [6.45, 7) is 7.19. The minimum Gasteiger partial charge on any atom is -0.367 e. The molecule has 7 heteroatoms. The van der Waals surface area contributed by atoms with Gasteiger partial charge in [0.1, 0.15) is 23.3 Å². The summed E-state index contributed by atoms with van der Waals surface area (Å²) in [6, 6.07) is 0. The van der Waals surface area contributed by atoms with E-state index >= 15 is 0 Å². The van der Waals surface area contributed by atoms with Crippen molar-refractivity contribution in [1.82, 2.24) is 20.0 Å². The Bertz CT molecular complexity index is 676. The van der Waals surface area contributed by atoms with Crippen LogP contribution in [0.2, 0.25) is 0 Å². The van der Waals surface area contributed by atoms with Crippen molar-refractivity contribution in [3.63, 3.8) is 0 Å². The standard InChI is InChI=1S/C15H20N4O3/c1-4-11-13(10(3)22-18-11)15(20)19-5-6-21-12(8-19)14-16-7-9(2)17-14/h7,12H,4-6,8H2,1-3H3,(H,16,17)/t12-/m0/s1. The number of amides is 1. The lowest BCUT2D eigenvalue weighted by Gasteiger charge is -2.32. The summed E-state index contributed by atoms with van der Waals surface area (Å²) in [7, 11) is 0. The number of morpholine rings is 1. The van der Waals surface area contributed by atoms with Crippen LogP contribution in [0.4, 0.5) is 0 Å². The van der Waals surface area contributed by atoms with E-state index in [2.05, 4.69) is 15.1 Å². The first-order valence-electron chi connectivity index (χ1n) is 7.47. The van der Waals surface area contributed by atoms with Gasteiger partial charge < -0.3 is 19.1 Å². The van der Waals surface area contributed by atoms with E-state index in [0.717, 1.165) is 11.5 Å². The van der Waals surface area contributed by atoms with Crippen molar-refractivity contribution < 1.29 is 14.1 Å². The third kappa shape index (κ3) is 2.64. The summed E-state index contributed by atoms with van der Waals surface area (Å²) < 4.78 is 10.9. The van der Waals surface area contributed by atoms with E-state index in [1.165, 1.54) is 0 Å². The molecule has 0 aliphatic carbocycles. The predicted octanol–water partition coefficient (Wildman–Crippen LogP) is 1.79. The summed E-state index contributed by atoms with van der Waals surface area (Å²) in [6.07, 6.45) is 2.21. The smallest absolute Gasteiger partial charge is 0.259 e. The fourth-order valence-electron chi connectivity index (χ4n) is 2.69. The molecular weight excluding hydrogens is 284 g/mol. The van der Waals surface area contributed by atoms with E-state index in [0.29, 0.717) is 43.1 Å². The Morgan fingerprint density at radius 2 is 2.32 bits per heavy atom. The molecule has 0 radical (unpaired) electrons. The maximum absolute atomic E-state index is 12.8. The van der Waals surface area contributed by atoms with Gasteiger partial charge in [-0.2, -0.15) is 0 Å². The monoisotopic (exact) mass is 304 g/mol. The van der Waals surface area contributed by atoms with Crippen LogP contribution in [-0.4, -0.2) is 45.6 Å². The third-order valence-electron chi connectivity index (χ3n) is 3.86. The fourth-order valence-corrected chi connectivity index (χ4v) is 2.69. The summed E-state index contributed by atoms with van der Waals surface area (Å²) >= 11 is 0. The molecule has 2 aromatic rings. The first-order chi connectivity index (χ1) is 10.6. The fraction of sp³-hybridized carbons (Fsp3) is 0.533. The summed E-state index contributed by atoms with van der Waals surface area (Å²) in [5.74, 6) is 1.28. The maximum atomic E-state index is 12.8. The van der Waals surface area contributed by atoms with Crippen LogP contribution >= 0.6 is 0 Å². The molecule has 1 fully saturated rings. The van der Waals surface area contributed by atoms with E-state index < -0.39 is 0 Å². The molecule has 0 unspecified atom stereocenters. The van der Waals surface area contributed by atoms with Crippen molar-refractivity contribution in [3.8, 4) is 0 Å². The third-order valence-corrected chi connectivity index (χ3v) is 3.86. The number of H-pyrrole nitrogens is 1. The van der Waals surface area contributed by atoms with Gasteiger partial charge in [-0.1, -0.05) is 12.1 Å². The van der Waals surface area contributed by atoms with E-state index in [1.807, 2.05) is 13.8 Å². The SMILES string of the molecule is CCc1noc(C)c1C(=O)N1CCO[C@H](c2ncc(C)[nH]2)C1. The number of aromatic nitrogens is 3. The zero-order valence-corrected chi connectivity index (χ0v) is 13.0. The van der Waals surface area contributed by atoms with Crippen LogP contribution in [0.1, 0.15) is 46.4 Å². The van der Waals surface area contributed by atoms with Gasteiger partial charge >= 0.3 is 0 Å². The van der Waals surface area contributed by atoms with Gasteiger partial charge in [-0.05, 0) is 20.3 Å². The molecule has 1 aliphatic heterocycles. The lowest BCUT2D eigenvalue weighted by Crippen LogP contribution is -2.42. The van der Waals surface area contributed by atoms with Crippen molar-refractivity contribution in [3.05, 3.63) is 34.7 Å². The normalized spacial score (nSPS) is 18.7. The van der Waals surface area contributed by atoms with Gasteiger partial charge in [0.2, 0.25) is 0 Å². The highest BCUT2D eigenvalue weighted by molar-refractivity contribution is 5.96. The van der Waals surface area contributed by atoms with Gasteiger partial charge in [-0.15, -0.1) is 0 Å². The van der Waals surface area contributed by atoms with Crippen LogP contribution < -0.4 is 0 Å². The quantitative estimate of drug-likeness (QED) is 0.934. The van der Waals surface area contributed by atoms with Crippen molar-refractivity contribution in [1.29, 1.82) is 0 Å². The van der Waals surface area contributed by atoms with Gasteiger partial charge in [0, 0.05) is 18.4 Å². The van der Waals surface area contributed by atoms with Gasteiger partial charge in [0.05, 0.1) is 18.8 Å². The molecule has 1 N–H and O–H groups in total. The van der Waals surface area contributed by atoms with Crippen molar-refractivity contribution in [2.24, 2.45) is 0 Å². The second kappa shape index (κ2) is 5.92. The Balaban J connectivity index is 1.79. The Hall–Kier alpha value is -2.15. The number of rotatable bonds is 3. The van der Waals surface area contributed by atoms with E-state index in [9.17, 15) is 4.79 Å². The molecule has 7 nitrogen and oxygen atoms in total. The maximum Gasteiger partial charge on any atom is 0.259 e. The van der Waals surface area contributed by atoms with Crippen LogP contribution in [0.15, 0.2) is 10.7 Å². The minimum absolute atomic E-state index is 0.0489. The molecule has 2 aromatic heterocycles. The predicted molar refractivity (Wildman–Crippen MR) is 78.5 cm³/mol. The van der Waals surface area contributed by atoms with Crippen LogP contribution in [0.3, 0.4) is 0 Å². The number of carbonyl (C=O) groups excluding carboxylic acids is 1. The number of carbonyl (C=O) groups is 1. The lowest BCUT2D eigenvalue weighted by atomic mass is 10.1. The number of aryl methyl sites for hydroxylation is 3. The molecule has 0 aromatic carbocycles. The minimum atomic E-state index is -0.225. The molecule has 1 saturated heterocycles. The molecule has 0 spiro atoms. The highest BCUT2D eigenvalue weighted by Crippen LogP contribution is 2.23. The average molecular weight is 304 g/mol. The zero-order chi connectivity index (χ0) is 15.7. The van der Waals surface area contributed by atoms with Crippen molar-refractivity contribution >= 4 is 5.91 Å². The Kier molecular flexibility index (Phi) is 3.98. The highest BCUT2D eigenvalue weighted by atomic mass is 16.5. The number of imidazole rings is 1. The largest absolute Gasteiger partial charge is 0.367 e. The topological polar surface area (TPSA) is 84.2 Å². The number of ether oxygens (including phenoxy) is 1. The van der Waals surface area contributed by atoms with E-state index in [4.69, 9.17) is 9.26 Å². The first-order valence-corrected chi connectivity index (χ1v) is 7.47. The van der Waals surface area contributed by atoms with E-state index in [-0.39, 0.29) is 12.0 Å². The van der Waals surface area contributed by atoms with Crippen LogP contribution in [0, 0.1) is 13.8 Å². The molecule has 1 aliphatic rings. The van der Waals surface area contributed by atoms with Crippen LogP contribution in [0.25, 0.3) is 0 Å². The molecule has 1 amide bonds. The average Bonchev–Trinajstić information content (AvgIpc) is 3.12. The molecule has 118 valence electrons. The number of nitrogens with zero attached hydrogens (tertiary/aromatic N) is 3. The number of hydrogen-bond acceptors (Lipinski definition) is 5. The highest BCUT2D eigenvalue weighted by Gasteiger charge is 2.30. The number of nitrogens with one attached hydrogen (secondary N) is 1. The second-order valence-corrected chi connectivity index (χ2v) is 5.48. The van der Waals surface area contributed by atoms with Gasteiger partial charge in [-0.25, -0.2) is 4.98 Å². The number of aromatic amines is 1. The molecule has 3 rings (SSSR count). The molecule has 1 atom stereocenters. The van der Waals surface area contributed by atoms with Crippen molar-refractivity contribution in [2.75, 3.05) is 19.7 Å². The summed E-state index contributed by atoms with van der Waals surface area (Å²) in [4.78, 5) is 22.0. The van der Waals surface area contributed by atoms with Gasteiger partial charge in [-0.3, -0.25) is 4.79 Å². The molecule has 3 heterocycles. The molecule has 0 saturated carbocycles. The lowest BCUT2D eigenvalue weighted by molar-refractivity contribution is -0.0265. The van der Waals surface area contributed by atoms with Gasteiger partial charge in [0.15, 0.2) is 0 Å². The van der Waals surface area contributed by atoms with E-state index in [1.54, 1.807) is 18.0 Å². The van der Waals surface area contributed by atoms with Crippen LogP contribution in [0.5, 0.6) is 0 Å². The summed E-state index contributed by atoms with van der Waals surface area (Å²) in [5.41, 5.74) is 2.27. The second-order valence-electron chi connectivity index (χ2n) is 5.48. The number of hydrogen-bond donors (Lipinski definition) is 1. The Morgan fingerprint density at radius 3 is 3.00 bits per heavy atom. The van der Waals surface area contributed by atoms with Crippen molar-refractivity contribution in [2.45, 2.75) is 33.3 Å². The van der Waals surface area contributed by atoms with Gasteiger partial charge in [0.25, 0.3) is 5.91 Å². The zero-order valence-electron chi connectivity index (χ0n) is 13.0. The Labute approximate surface area is 128 Å². The first kappa shape index (κ1) is 14.8. The Morgan fingerprint density at radius 1 is 1.50 bits per heavy atom. The summed E-state index contributed by atoms with van der Waals surface area (Å²) in [5, 5.41) is 3.96. The molecule has 0 bridgehead atoms.